The second-order valence-electron chi connectivity index (χ2n) is 11.0. The van der Waals surface area contributed by atoms with Crippen molar-refractivity contribution in [2.45, 2.75) is 52.7 Å². The predicted octanol–water partition coefficient (Wildman–Crippen LogP) is 4.69. The summed E-state index contributed by atoms with van der Waals surface area (Å²) in [6.45, 7) is 13.1. The predicted molar refractivity (Wildman–Crippen MR) is 153 cm³/mol. The van der Waals surface area contributed by atoms with E-state index in [1.165, 1.54) is 5.56 Å². The van der Waals surface area contributed by atoms with Crippen LogP contribution in [0.15, 0.2) is 48.5 Å². The van der Waals surface area contributed by atoms with Gasteiger partial charge in [0.2, 0.25) is 0 Å². The maximum absolute atomic E-state index is 13.8. The number of methoxy groups -OCH3 is 2. The van der Waals surface area contributed by atoms with Gasteiger partial charge in [0, 0.05) is 64.0 Å². The molecule has 1 fully saturated rings. The summed E-state index contributed by atoms with van der Waals surface area (Å²) in [4.78, 5) is 18.3. The van der Waals surface area contributed by atoms with E-state index in [0.717, 1.165) is 26.1 Å². The summed E-state index contributed by atoms with van der Waals surface area (Å²) in [5, 5.41) is 0. The molecule has 38 heavy (non-hydrogen) atoms. The first-order valence-corrected chi connectivity index (χ1v) is 13.9. The smallest absolute Gasteiger partial charge is 0.254 e. The number of nitrogens with zero attached hydrogens (tertiary/aromatic N) is 2. The molecule has 0 bridgehead atoms. The van der Waals surface area contributed by atoms with E-state index in [4.69, 9.17) is 19.9 Å². The van der Waals surface area contributed by atoms with Crippen LogP contribution in [0.3, 0.4) is 0 Å². The van der Waals surface area contributed by atoms with Crippen LogP contribution in [0.1, 0.15) is 50.0 Å². The molecule has 1 aliphatic heterocycles. The molecule has 0 aliphatic carbocycles. The molecule has 0 aromatic heterocycles. The van der Waals surface area contributed by atoms with Gasteiger partial charge in [0.15, 0.2) is 11.5 Å². The Morgan fingerprint density at radius 3 is 2.39 bits per heavy atom. The molecule has 1 amide bonds. The third-order valence-corrected chi connectivity index (χ3v) is 7.56. The number of hydrogen-bond acceptors (Lipinski definition) is 6. The van der Waals surface area contributed by atoms with Crippen molar-refractivity contribution in [1.82, 2.24) is 9.80 Å². The van der Waals surface area contributed by atoms with Crippen LogP contribution < -0.4 is 15.2 Å². The number of hydrogen-bond donors (Lipinski definition) is 1. The van der Waals surface area contributed by atoms with Crippen molar-refractivity contribution in [1.29, 1.82) is 0 Å². The summed E-state index contributed by atoms with van der Waals surface area (Å²) in [5.74, 6) is 2.19. The Balaban J connectivity index is 1.78. The highest BCUT2D eigenvalue weighted by molar-refractivity contribution is 5.95. The molecule has 2 aromatic carbocycles. The highest BCUT2D eigenvalue weighted by Crippen LogP contribution is 2.33. The first kappa shape index (κ1) is 29.9. The lowest BCUT2D eigenvalue weighted by Gasteiger charge is -2.34. The largest absolute Gasteiger partial charge is 0.493 e. The van der Waals surface area contributed by atoms with Crippen LogP contribution in [0.4, 0.5) is 0 Å². The Hall–Kier alpha value is -2.61. The van der Waals surface area contributed by atoms with Gasteiger partial charge in [-0.15, -0.1) is 0 Å². The molecular weight excluding hydrogens is 478 g/mol. The zero-order valence-corrected chi connectivity index (χ0v) is 24.1. The fraction of sp³-hybridized carbons (Fsp3) is 0.581. The summed E-state index contributed by atoms with van der Waals surface area (Å²) in [6, 6.07) is 16.1. The maximum atomic E-state index is 13.8. The van der Waals surface area contributed by atoms with Crippen LogP contribution in [-0.4, -0.2) is 74.9 Å². The summed E-state index contributed by atoms with van der Waals surface area (Å²) in [7, 11) is 3.28. The second kappa shape index (κ2) is 14.5. The van der Waals surface area contributed by atoms with Crippen molar-refractivity contribution in [3.8, 4) is 11.5 Å². The SMILES string of the molecule is COCCCOc1cc(C(=O)N(CC2CN(Cc3ccccc3)CC2C(N)C(C)C)C(C)C)ccc1OC. The fourth-order valence-electron chi connectivity index (χ4n) is 5.34. The van der Waals surface area contributed by atoms with Crippen LogP contribution in [-0.2, 0) is 11.3 Å². The highest BCUT2D eigenvalue weighted by atomic mass is 16.5. The average Bonchev–Trinajstić information content (AvgIpc) is 3.31. The second-order valence-corrected chi connectivity index (χ2v) is 11.0. The van der Waals surface area contributed by atoms with Gasteiger partial charge in [-0.25, -0.2) is 0 Å². The molecular formula is C31H47N3O4. The Kier molecular flexibility index (Phi) is 11.4. The molecule has 7 nitrogen and oxygen atoms in total. The normalized spacial score (nSPS) is 18.7. The molecule has 7 heteroatoms. The van der Waals surface area contributed by atoms with Gasteiger partial charge >= 0.3 is 0 Å². The van der Waals surface area contributed by atoms with E-state index in [-0.39, 0.29) is 18.0 Å². The van der Waals surface area contributed by atoms with Gasteiger partial charge in [-0.3, -0.25) is 9.69 Å². The zero-order valence-electron chi connectivity index (χ0n) is 24.1. The van der Waals surface area contributed by atoms with Gasteiger partial charge < -0.3 is 24.8 Å². The van der Waals surface area contributed by atoms with E-state index in [1.54, 1.807) is 20.3 Å². The summed E-state index contributed by atoms with van der Waals surface area (Å²) in [5.41, 5.74) is 8.66. The van der Waals surface area contributed by atoms with E-state index in [1.807, 2.05) is 17.0 Å². The Labute approximate surface area is 229 Å². The molecule has 0 spiro atoms. The molecule has 2 N–H and O–H groups in total. The van der Waals surface area contributed by atoms with Crippen molar-refractivity contribution in [2.24, 2.45) is 23.5 Å². The Morgan fingerprint density at radius 1 is 1.03 bits per heavy atom. The molecule has 1 heterocycles. The zero-order chi connectivity index (χ0) is 27.7. The number of carbonyl (C=O) groups excluding carboxylic acids is 1. The third-order valence-electron chi connectivity index (χ3n) is 7.56. The van der Waals surface area contributed by atoms with Crippen molar-refractivity contribution < 1.29 is 19.0 Å². The number of likely N-dealkylation sites (tertiary alicyclic amines) is 1. The molecule has 1 saturated heterocycles. The van der Waals surface area contributed by atoms with E-state index in [2.05, 4.69) is 62.9 Å². The number of benzene rings is 2. The minimum Gasteiger partial charge on any atom is -0.493 e. The van der Waals surface area contributed by atoms with E-state index in [0.29, 0.717) is 54.6 Å². The van der Waals surface area contributed by atoms with Gasteiger partial charge in [-0.2, -0.15) is 0 Å². The summed E-state index contributed by atoms with van der Waals surface area (Å²) >= 11 is 0. The Bertz CT molecular complexity index is 998. The molecule has 1 aliphatic rings. The molecule has 0 radical (unpaired) electrons. The maximum Gasteiger partial charge on any atom is 0.254 e. The van der Waals surface area contributed by atoms with Gasteiger partial charge in [0.1, 0.15) is 0 Å². The minimum atomic E-state index is 0.00257. The molecule has 210 valence electrons. The number of nitrogens with two attached hydrogens (primary N) is 1. The van der Waals surface area contributed by atoms with Crippen molar-refractivity contribution in [2.75, 3.05) is 47.1 Å². The van der Waals surface area contributed by atoms with Crippen molar-refractivity contribution in [3.05, 3.63) is 59.7 Å². The van der Waals surface area contributed by atoms with E-state index < -0.39 is 0 Å². The van der Waals surface area contributed by atoms with Gasteiger partial charge in [-0.1, -0.05) is 44.2 Å². The standard InChI is InChI=1S/C31H47N3O4/c1-22(2)30(32)27-21-33(18-24-11-8-7-9-12-24)19-26(27)20-34(23(3)4)31(35)25-13-14-28(37-6)29(17-25)38-16-10-15-36-5/h7-9,11-14,17,22-23,26-27,30H,10,15-16,18-21,32H2,1-6H3. The fourth-order valence-corrected chi connectivity index (χ4v) is 5.34. The van der Waals surface area contributed by atoms with Crippen LogP contribution in [0, 0.1) is 17.8 Å². The van der Waals surface area contributed by atoms with Crippen molar-refractivity contribution >= 4 is 5.91 Å². The van der Waals surface area contributed by atoms with Gasteiger partial charge in [0.25, 0.3) is 5.91 Å². The Morgan fingerprint density at radius 2 is 1.76 bits per heavy atom. The molecule has 0 saturated carbocycles. The van der Waals surface area contributed by atoms with Crippen molar-refractivity contribution in [3.63, 3.8) is 0 Å². The van der Waals surface area contributed by atoms with Crippen LogP contribution in [0.25, 0.3) is 0 Å². The van der Waals surface area contributed by atoms with Gasteiger partial charge in [-0.05, 0) is 55.4 Å². The molecule has 3 unspecified atom stereocenters. The topological polar surface area (TPSA) is 77.3 Å². The molecule has 2 aromatic rings. The summed E-state index contributed by atoms with van der Waals surface area (Å²) in [6.07, 6.45) is 0.759. The third kappa shape index (κ3) is 7.95. The quantitative estimate of drug-likeness (QED) is 0.361. The van der Waals surface area contributed by atoms with E-state index >= 15 is 0 Å². The number of amides is 1. The lowest BCUT2D eigenvalue weighted by atomic mass is 9.83. The summed E-state index contributed by atoms with van der Waals surface area (Å²) < 4.78 is 16.5. The number of carbonyl (C=O) groups is 1. The van der Waals surface area contributed by atoms with Crippen LogP contribution >= 0.6 is 0 Å². The monoisotopic (exact) mass is 525 g/mol. The average molecular weight is 526 g/mol. The number of rotatable bonds is 14. The van der Waals surface area contributed by atoms with Crippen LogP contribution in [0.5, 0.6) is 11.5 Å². The van der Waals surface area contributed by atoms with Crippen LogP contribution in [0.2, 0.25) is 0 Å². The first-order chi connectivity index (χ1) is 18.2. The minimum absolute atomic E-state index is 0.00257. The highest BCUT2D eigenvalue weighted by Gasteiger charge is 2.39. The lowest BCUT2D eigenvalue weighted by molar-refractivity contribution is 0.0650. The van der Waals surface area contributed by atoms with Gasteiger partial charge in [0.05, 0.1) is 13.7 Å². The lowest BCUT2D eigenvalue weighted by Crippen LogP contribution is -2.46. The molecule has 3 rings (SSSR count). The van der Waals surface area contributed by atoms with E-state index in [9.17, 15) is 4.79 Å². The first-order valence-electron chi connectivity index (χ1n) is 13.9. The molecule has 3 atom stereocenters. The number of ether oxygens (including phenoxy) is 3.